The summed E-state index contributed by atoms with van der Waals surface area (Å²) in [6.45, 7) is 4.52. The molecule has 0 aromatic rings. The van der Waals surface area contributed by atoms with Crippen molar-refractivity contribution < 1.29 is 19.4 Å². The average molecular weight is 699 g/mol. The molecule has 0 radical (unpaired) electrons. The van der Waals surface area contributed by atoms with Crippen LogP contribution in [0.2, 0.25) is 0 Å². The summed E-state index contributed by atoms with van der Waals surface area (Å²) in [6.07, 6.45) is 55.8. The molecule has 0 aliphatic rings. The monoisotopic (exact) mass is 699 g/mol. The Balaban J connectivity index is 4.01. The highest BCUT2D eigenvalue weighted by molar-refractivity contribution is 5.69. The number of allylic oxidation sites excluding steroid dienone is 7. The van der Waals surface area contributed by atoms with Gasteiger partial charge in [0.2, 0.25) is 0 Å². The first-order valence-corrected chi connectivity index (χ1v) is 21.6. The fourth-order valence-corrected chi connectivity index (χ4v) is 6.28. The Hall–Kier alpha value is -2.10. The van der Waals surface area contributed by atoms with E-state index in [0.717, 1.165) is 64.2 Å². The second-order valence-corrected chi connectivity index (χ2v) is 14.5. The fourth-order valence-electron chi connectivity index (χ4n) is 6.28. The van der Waals surface area contributed by atoms with E-state index in [4.69, 9.17) is 9.84 Å². The number of aliphatic carboxylic acids is 1. The van der Waals surface area contributed by atoms with Crippen LogP contribution in [-0.2, 0) is 14.3 Å². The summed E-state index contributed by atoms with van der Waals surface area (Å²) in [7, 11) is 0. The minimum absolute atomic E-state index is 0.0725. The number of unbranched alkanes of at least 4 members (excludes halogenated alkanes) is 24. The SMILES string of the molecule is CCCCC/C=C\C/C=C\C/C=C\C(CCCCCCCC(=O)O)OC(=O)CCCCCCCCCCC/C=C\CCCCCCCCCC. The Morgan fingerprint density at radius 1 is 0.460 bits per heavy atom. The van der Waals surface area contributed by atoms with Gasteiger partial charge in [-0.25, -0.2) is 0 Å². The van der Waals surface area contributed by atoms with E-state index in [1.165, 1.54) is 135 Å². The maximum Gasteiger partial charge on any atom is 0.306 e. The van der Waals surface area contributed by atoms with Gasteiger partial charge in [0, 0.05) is 12.8 Å². The molecule has 0 fully saturated rings. The third-order valence-corrected chi connectivity index (χ3v) is 9.51. The van der Waals surface area contributed by atoms with Crippen molar-refractivity contribution in [3.8, 4) is 0 Å². The Morgan fingerprint density at radius 2 is 0.840 bits per heavy atom. The second kappa shape index (κ2) is 41.3. The molecule has 0 aromatic carbocycles. The van der Waals surface area contributed by atoms with Crippen LogP contribution in [0.25, 0.3) is 0 Å². The van der Waals surface area contributed by atoms with Gasteiger partial charge in [-0.15, -0.1) is 0 Å². The van der Waals surface area contributed by atoms with Crippen LogP contribution >= 0.6 is 0 Å². The van der Waals surface area contributed by atoms with Crippen LogP contribution in [0.15, 0.2) is 48.6 Å². The molecule has 0 aliphatic heterocycles. The van der Waals surface area contributed by atoms with Crippen LogP contribution in [0.3, 0.4) is 0 Å². The third kappa shape index (κ3) is 40.3. The molecule has 0 rings (SSSR count). The van der Waals surface area contributed by atoms with Crippen molar-refractivity contribution in [3.63, 3.8) is 0 Å². The highest BCUT2D eigenvalue weighted by Gasteiger charge is 2.11. The lowest BCUT2D eigenvalue weighted by Crippen LogP contribution is -2.16. The molecule has 0 bridgehead atoms. The van der Waals surface area contributed by atoms with Crippen molar-refractivity contribution in [2.45, 2.75) is 232 Å². The van der Waals surface area contributed by atoms with Crippen molar-refractivity contribution in [1.82, 2.24) is 0 Å². The molecule has 1 N–H and O–H groups in total. The molecular weight excluding hydrogens is 617 g/mol. The van der Waals surface area contributed by atoms with Gasteiger partial charge in [0.15, 0.2) is 0 Å². The summed E-state index contributed by atoms with van der Waals surface area (Å²) in [5, 5.41) is 8.82. The predicted octanol–water partition coefficient (Wildman–Crippen LogP) is 15.1. The average Bonchev–Trinajstić information content (AvgIpc) is 3.10. The van der Waals surface area contributed by atoms with Gasteiger partial charge in [0.05, 0.1) is 0 Å². The van der Waals surface area contributed by atoms with Crippen molar-refractivity contribution >= 4 is 11.9 Å². The number of carboxylic acid groups (broad SMARTS) is 1. The van der Waals surface area contributed by atoms with Gasteiger partial charge in [0.1, 0.15) is 6.10 Å². The molecule has 0 saturated heterocycles. The van der Waals surface area contributed by atoms with E-state index in [1.807, 2.05) is 0 Å². The van der Waals surface area contributed by atoms with Crippen molar-refractivity contribution in [2.75, 3.05) is 0 Å². The first-order valence-electron chi connectivity index (χ1n) is 21.6. The molecular formula is C46H82O4. The first kappa shape index (κ1) is 47.9. The number of esters is 1. The van der Waals surface area contributed by atoms with Crippen LogP contribution in [0, 0.1) is 0 Å². The number of carboxylic acids is 1. The van der Waals surface area contributed by atoms with E-state index >= 15 is 0 Å². The lowest BCUT2D eigenvalue weighted by molar-refractivity contribution is -0.147. The number of rotatable bonds is 39. The Kier molecular flexibility index (Phi) is 39.6. The number of hydrogen-bond donors (Lipinski definition) is 1. The molecule has 0 aliphatic carbocycles. The van der Waals surface area contributed by atoms with Crippen molar-refractivity contribution in [2.24, 2.45) is 0 Å². The lowest BCUT2D eigenvalue weighted by Gasteiger charge is -2.14. The van der Waals surface area contributed by atoms with Crippen molar-refractivity contribution in [3.05, 3.63) is 48.6 Å². The Bertz CT molecular complexity index is 839. The molecule has 290 valence electrons. The number of hydrogen-bond acceptors (Lipinski definition) is 3. The summed E-state index contributed by atoms with van der Waals surface area (Å²) in [6, 6.07) is 0. The van der Waals surface area contributed by atoms with Gasteiger partial charge < -0.3 is 9.84 Å². The number of carbonyl (C=O) groups is 2. The fraction of sp³-hybridized carbons (Fsp3) is 0.783. The summed E-state index contributed by atoms with van der Waals surface area (Å²) in [5.74, 6) is -0.788. The second-order valence-electron chi connectivity index (χ2n) is 14.5. The van der Waals surface area contributed by atoms with E-state index in [2.05, 4.69) is 62.5 Å². The van der Waals surface area contributed by atoms with Crippen LogP contribution in [-0.4, -0.2) is 23.1 Å². The largest absolute Gasteiger partial charge is 0.481 e. The zero-order valence-corrected chi connectivity index (χ0v) is 33.2. The molecule has 1 unspecified atom stereocenters. The van der Waals surface area contributed by atoms with E-state index in [9.17, 15) is 9.59 Å². The van der Waals surface area contributed by atoms with Gasteiger partial charge in [-0.2, -0.15) is 0 Å². The normalized spacial score (nSPS) is 12.7. The zero-order valence-electron chi connectivity index (χ0n) is 33.2. The van der Waals surface area contributed by atoms with E-state index in [0.29, 0.717) is 6.42 Å². The first-order chi connectivity index (χ1) is 24.6. The van der Waals surface area contributed by atoms with Gasteiger partial charge in [-0.05, 0) is 83.1 Å². The van der Waals surface area contributed by atoms with Crippen LogP contribution < -0.4 is 0 Å². The molecule has 0 saturated carbocycles. The van der Waals surface area contributed by atoms with E-state index in [-0.39, 0.29) is 18.5 Å². The highest BCUT2D eigenvalue weighted by Crippen LogP contribution is 2.16. The Morgan fingerprint density at radius 3 is 1.38 bits per heavy atom. The molecule has 4 nitrogen and oxygen atoms in total. The summed E-state index contributed by atoms with van der Waals surface area (Å²) in [4.78, 5) is 23.4. The van der Waals surface area contributed by atoms with Gasteiger partial charge >= 0.3 is 11.9 Å². The lowest BCUT2D eigenvalue weighted by atomic mass is 10.0. The Labute approximate surface area is 311 Å². The molecule has 0 heterocycles. The summed E-state index contributed by atoms with van der Waals surface area (Å²) in [5.41, 5.74) is 0. The minimum atomic E-state index is -0.715. The standard InChI is InChI=1S/C46H82O4/c1-3-5-7-9-11-13-15-16-17-18-19-20-21-22-23-24-26-28-30-35-39-43-46(49)50-44(41-37-33-31-34-38-42-45(47)48)40-36-32-29-27-25-14-12-10-8-6-4-2/h12,14,18-19,27,29,36,40,44H,3-11,13,15-17,20-26,28,30-35,37-39,41-43H2,1-2H3,(H,47,48)/b14-12-,19-18-,29-27-,40-36-. The van der Waals surface area contributed by atoms with Crippen molar-refractivity contribution in [1.29, 1.82) is 0 Å². The number of carbonyl (C=O) groups excluding carboxylic acids is 1. The minimum Gasteiger partial charge on any atom is -0.481 e. The molecule has 0 aromatic heterocycles. The molecule has 4 heteroatoms. The summed E-state index contributed by atoms with van der Waals surface area (Å²) < 4.78 is 5.90. The number of ether oxygens (including phenoxy) is 1. The maximum absolute atomic E-state index is 12.7. The third-order valence-electron chi connectivity index (χ3n) is 9.51. The smallest absolute Gasteiger partial charge is 0.306 e. The summed E-state index contributed by atoms with van der Waals surface area (Å²) >= 11 is 0. The van der Waals surface area contributed by atoms with Crippen LogP contribution in [0.1, 0.15) is 226 Å². The molecule has 1 atom stereocenters. The zero-order chi connectivity index (χ0) is 36.4. The molecule has 50 heavy (non-hydrogen) atoms. The highest BCUT2D eigenvalue weighted by atomic mass is 16.5. The predicted molar refractivity (Wildman–Crippen MR) is 218 cm³/mol. The van der Waals surface area contributed by atoms with E-state index in [1.54, 1.807) is 0 Å². The van der Waals surface area contributed by atoms with Gasteiger partial charge in [-0.3, -0.25) is 9.59 Å². The van der Waals surface area contributed by atoms with Crippen LogP contribution in [0.5, 0.6) is 0 Å². The molecule has 0 amide bonds. The van der Waals surface area contributed by atoms with Crippen LogP contribution in [0.4, 0.5) is 0 Å². The van der Waals surface area contributed by atoms with Gasteiger partial charge in [0.25, 0.3) is 0 Å². The quantitative estimate of drug-likeness (QED) is 0.0394. The molecule has 0 spiro atoms. The maximum atomic E-state index is 12.7. The van der Waals surface area contributed by atoms with E-state index < -0.39 is 5.97 Å². The topological polar surface area (TPSA) is 63.6 Å². The van der Waals surface area contributed by atoms with Gasteiger partial charge in [-0.1, -0.05) is 178 Å².